The molecule has 14 nitrogen and oxygen atoms in total. The van der Waals surface area contributed by atoms with Crippen LogP contribution in [0.4, 0.5) is 0 Å². The van der Waals surface area contributed by atoms with Gasteiger partial charge in [0, 0.05) is 44.8 Å². The number of carbonyl (C=O) groups is 7. The molecule has 0 heterocycles. The van der Waals surface area contributed by atoms with Crippen molar-refractivity contribution in [1.82, 2.24) is 35.5 Å². The van der Waals surface area contributed by atoms with Gasteiger partial charge in [0.05, 0.1) is 19.6 Å². The van der Waals surface area contributed by atoms with E-state index in [1.165, 1.54) is 4.90 Å². The van der Waals surface area contributed by atoms with E-state index in [2.05, 4.69) is 21.2 Å². The van der Waals surface area contributed by atoms with E-state index in [-0.39, 0.29) is 36.1 Å². The van der Waals surface area contributed by atoms with Crippen LogP contribution in [-0.4, -0.2) is 134 Å². The molecule has 0 rings (SSSR count). The second-order valence-electron chi connectivity index (χ2n) is 12.8. The SMILES string of the molecule is CC.[B]NC(=O)CCCCCCCC(CCCCNC(=O)CCCCCNC(=O)CN(CC(=O)N([B])[B])CC(=O)N([B])[B])NC(=O)CCCCC(C)=O. The molecule has 0 bridgehead atoms. The van der Waals surface area contributed by atoms with Crippen molar-refractivity contribution >= 4 is 81.1 Å². The Morgan fingerprint density at radius 2 is 0.925 bits per heavy atom. The summed E-state index contributed by atoms with van der Waals surface area (Å²) < 4.78 is 0.718. The summed E-state index contributed by atoms with van der Waals surface area (Å²) in [5, 5.41) is 10.9. The molecule has 1 atom stereocenters. The molecule has 0 aliphatic rings. The van der Waals surface area contributed by atoms with Gasteiger partial charge in [-0.1, -0.05) is 46.0 Å². The molecule has 19 heteroatoms. The summed E-state index contributed by atoms with van der Waals surface area (Å²) in [7, 11) is 25.9. The second-order valence-corrected chi connectivity index (χ2v) is 12.8. The van der Waals surface area contributed by atoms with Crippen molar-refractivity contribution in [3.05, 3.63) is 0 Å². The fourth-order valence-corrected chi connectivity index (χ4v) is 5.15. The molecule has 0 saturated heterocycles. The summed E-state index contributed by atoms with van der Waals surface area (Å²) in [5.41, 5.74) is 0. The van der Waals surface area contributed by atoms with Gasteiger partial charge in [0.15, 0.2) is 0 Å². The minimum atomic E-state index is -0.719. The molecule has 4 N–H and O–H groups in total. The summed E-state index contributed by atoms with van der Waals surface area (Å²) in [6.45, 7) is 5.37. The number of carbonyl (C=O) groups excluding carboxylic acids is 7. The zero-order chi connectivity index (χ0) is 40.4. The molecule has 0 aliphatic heterocycles. The molecule has 53 heavy (non-hydrogen) atoms. The monoisotopic (exact) mass is 734 g/mol. The molecule has 0 aromatic heterocycles. The Kier molecular flexibility index (Phi) is 33.8. The first-order valence-electron chi connectivity index (χ1n) is 18.9. The van der Waals surface area contributed by atoms with E-state index in [1.807, 2.05) is 13.8 Å². The molecule has 0 aliphatic carbocycles. The van der Waals surface area contributed by atoms with E-state index in [4.69, 9.17) is 39.9 Å². The van der Waals surface area contributed by atoms with Gasteiger partial charge in [0.1, 0.15) is 5.78 Å². The molecule has 288 valence electrons. The number of nitrogens with zero attached hydrogens (tertiary/aromatic N) is 3. The molecule has 0 aromatic rings. The summed E-state index contributed by atoms with van der Waals surface area (Å²) in [5.74, 6) is -1.95. The van der Waals surface area contributed by atoms with Crippen LogP contribution in [0.25, 0.3) is 0 Å². The van der Waals surface area contributed by atoms with E-state index >= 15 is 0 Å². The lowest BCUT2D eigenvalue weighted by Crippen LogP contribution is -2.47. The van der Waals surface area contributed by atoms with E-state index in [0.717, 1.165) is 57.8 Å². The Balaban J connectivity index is 0. The van der Waals surface area contributed by atoms with Gasteiger partial charge in [-0.25, -0.2) is 0 Å². The quantitative estimate of drug-likeness (QED) is 0.0599. The third-order valence-corrected chi connectivity index (χ3v) is 8.03. The Bertz CT molecular complexity index is 1050. The van der Waals surface area contributed by atoms with Crippen molar-refractivity contribution in [2.75, 3.05) is 32.7 Å². The maximum absolute atomic E-state index is 12.5. The first-order chi connectivity index (χ1) is 25.2. The molecule has 0 fully saturated rings. The van der Waals surface area contributed by atoms with Crippen LogP contribution < -0.4 is 21.2 Å². The Hall–Kier alpha value is -3.23. The van der Waals surface area contributed by atoms with Gasteiger partial charge < -0.3 is 35.4 Å². The third-order valence-electron chi connectivity index (χ3n) is 8.03. The van der Waals surface area contributed by atoms with Crippen molar-refractivity contribution in [3.8, 4) is 0 Å². The fourth-order valence-electron chi connectivity index (χ4n) is 5.15. The summed E-state index contributed by atoms with van der Waals surface area (Å²) in [6.07, 6.45) is 13.0. The number of hydrogen-bond acceptors (Lipinski definition) is 8. The van der Waals surface area contributed by atoms with Crippen LogP contribution in [0.5, 0.6) is 0 Å². The summed E-state index contributed by atoms with van der Waals surface area (Å²) in [6, 6.07) is 0.0436. The minimum Gasteiger partial charge on any atom is -0.448 e. The standard InChI is InChI=1S/C32H54B5N7O7.C2H6/c1-25(45)14-9-10-18-28(47)40-26(15-6-3-2-4-7-19-29(48)41-33)16-11-13-21-38-27(46)17-8-5-12-20-39-30(49)22-42(23-31(50)43(34)35)24-32(51)44(36)37;1-2/h26H,2-24H2,1H3,(H,38,46)(H,39,49)(H,40,47)(H,41,48);1-2H3. The van der Waals surface area contributed by atoms with Gasteiger partial charge >= 0.3 is 0 Å². The number of nitrogens with one attached hydrogen (secondary N) is 4. The highest BCUT2D eigenvalue weighted by Gasteiger charge is 2.19. The maximum Gasteiger partial charge on any atom is 0.234 e. The normalized spacial score (nSPS) is 11.0. The molecule has 0 spiro atoms. The molecule has 6 amide bonds. The smallest absolute Gasteiger partial charge is 0.234 e. The van der Waals surface area contributed by atoms with Gasteiger partial charge in [-0.2, -0.15) is 0 Å². The number of Topliss-reactive ketones (excluding diaryl/α,β-unsaturated/α-hetero) is 1. The van der Waals surface area contributed by atoms with Gasteiger partial charge in [-0.3, -0.25) is 33.7 Å². The van der Waals surface area contributed by atoms with E-state index < -0.39 is 30.8 Å². The number of ketones is 1. The molecular weight excluding hydrogens is 672 g/mol. The number of unbranched alkanes of at least 4 members (excludes halogenated alkanes) is 8. The molecule has 10 radical (unpaired) electrons. The first kappa shape index (κ1) is 51.9. The number of hydrogen-bond donors (Lipinski definition) is 4. The minimum absolute atomic E-state index is 0.00340. The van der Waals surface area contributed by atoms with Gasteiger partial charge in [0.2, 0.25) is 75.3 Å². The van der Waals surface area contributed by atoms with E-state index in [9.17, 15) is 33.6 Å². The molecule has 0 saturated carbocycles. The van der Waals surface area contributed by atoms with E-state index in [1.54, 1.807) is 6.92 Å². The Morgan fingerprint density at radius 3 is 1.47 bits per heavy atom. The zero-order valence-electron chi connectivity index (χ0n) is 32.4. The average Bonchev–Trinajstić information content (AvgIpc) is 3.11. The van der Waals surface area contributed by atoms with Gasteiger partial charge in [-0.15, -0.1) is 0 Å². The molecule has 1 unspecified atom stereocenters. The fraction of sp³-hybridized carbons (Fsp3) is 0.794. The Morgan fingerprint density at radius 1 is 0.509 bits per heavy atom. The third kappa shape index (κ3) is 33.1. The summed E-state index contributed by atoms with van der Waals surface area (Å²) >= 11 is 0. The van der Waals surface area contributed by atoms with Gasteiger partial charge in [0.25, 0.3) is 0 Å². The highest BCUT2D eigenvalue weighted by atomic mass is 16.2. The van der Waals surface area contributed by atoms with Crippen LogP contribution in [0.1, 0.15) is 136 Å². The zero-order valence-corrected chi connectivity index (χ0v) is 32.4. The highest BCUT2D eigenvalue weighted by molar-refractivity contribution is 6.35. The van der Waals surface area contributed by atoms with Crippen LogP contribution in [0, 0.1) is 0 Å². The first-order valence-corrected chi connectivity index (χ1v) is 18.9. The highest BCUT2D eigenvalue weighted by Crippen LogP contribution is 2.13. The molecular formula is C34H60B5N7O7. The predicted octanol–water partition coefficient (Wildman–Crippen LogP) is 0.834. The average molecular weight is 733 g/mol. The van der Waals surface area contributed by atoms with Crippen molar-refractivity contribution in [1.29, 1.82) is 0 Å². The lowest BCUT2D eigenvalue weighted by atomic mass is 10.0. The van der Waals surface area contributed by atoms with Crippen molar-refractivity contribution in [2.45, 2.75) is 142 Å². The van der Waals surface area contributed by atoms with Gasteiger partial charge in [-0.05, 0) is 64.7 Å². The largest absolute Gasteiger partial charge is 0.448 e. The van der Waals surface area contributed by atoms with Crippen molar-refractivity contribution in [3.63, 3.8) is 0 Å². The lowest BCUT2D eigenvalue weighted by Gasteiger charge is -2.24. The van der Waals surface area contributed by atoms with Crippen molar-refractivity contribution in [2.24, 2.45) is 0 Å². The molecule has 0 aromatic carbocycles. The topological polar surface area (TPSA) is 177 Å². The predicted molar refractivity (Wildman–Crippen MR) is 210 cm³/mol. The number of amides is 6. The van der Waals surface area contributed by atoms with Crippen LogP contribution in [0.3, 0.4) is 0 Å². The number of rotatable bonds is 31. The Labute approximate surface area is 324 Å². The van der Waals surface area contributed by atoms with E-state index in [0.29, 0.717) is 80.3 Å². The second kappa shape index (κ2) is 34.5. The summed E-state index contributed by atoms with van der Waals surface area (Å²) in [4.78, 5) is 84.4. The maximum atomic E-state index is 12.5. The van der Waals surface area contributed by atoms with Crippen LogP contribution in [0.2, 0.25) is 0 Å². The van der Waals surface area contributed by atoms with Crippen LogP contribution in [-0.2, 0) is 33.6 Å². The van der Waals surface area contributed by atoms with Crippen LogP contribution >= 0.6 is 0 Å². The lowest BCUT2D eigenvalue weighted by molar-refractivity contribution is -0.130. The van der Waals surface area contributed by atoms with Crippen molar-refractivity contribution < 1.29 is 33.6 Å². The van der Waals surface area contributed by atoms with Crippen LogP contribution in [0.15, 0.2) is 0 Å².